The van der Waals surface area contributed by atoms with Gasteiger partial charge in [0.15, 0.2) is 5.82 Å². The largest absolute Gasteiger partial charge is 0.360 e. The Labute approximate surface area is 133 Å². The van der Waals surface area contributed by atoms with E-state index in [2.05, 4.69) is 31.5 Å². The van der Waals surface area contributed by atoms with Gasteiger partial charge in [-0.2, -0.15) is 5.10 Å². The van der Waals surface area contributed by atoms with E-state index >= 15 is 0 Å². The molecule has 1 saturated carbocycles. The molecule has 0 aromatic carbocycles. The van der Waals surface area contributed by atoms with Crippen LogP contribution in [-0.4, -0.2) is 20.8 Å². The van der Waals surface area contributed by atoms with Gasteiger partial charge in [0.05, 0.1) is 10.2 Å². The lowest BCUT2D eigenvalue weighted by Gasteiger charge is -2.06. The zero-order valence-electron chi connectivity index (χ0n) is 11.6. The van der Waals surface area contributed by atoms with Crippen LogP contribution in [-0.2, 0) is 11.3 Å². The first-order valence-corrected chi connectivity index (χ1v) is 7.52. The van der Waals surface area contributed by atoms with Crippen LogP contribution in [0.25, 0.3) is 0 Å². The van der Waals surface area contributed by atoms with Crippen LogP contribution in [0, 0.1) is 6.92 Å². The van der Waals surface area contributed by atoms with Crippen molar-refractivity contribution in [1.29, 1.82) is 0 Å². The van der Waals surface area contributed by atoms with Crippen LogP contribution >= 0.6 is 15.9 Å². The third kappa shape index (κ3) is 3.03. The fourth-order valence-corrected chi connectivity index (χ4v) is 3.00. The van der Waals surface area contributed by atoms with Gasteiger partial charge >= 0.3 is 0 Å². The van der Waals surface area contributed by atoms with Gasteiger partial charge < -0.3 is 9.84 Å². The Morgan fingerprint density at radius 3 is 2.86 bits per heavy atom. The number of carbonyl (C=O) groups is 1. The fraction of sp³-hybridized carbons (Fsp3) is 0.462. The molecule has 2 heterocycles. The maximum atomic E-state index is 13.0. The third-order valence-electron chi connectivity index (χ3n) is 3.32. The molecular weight excluding hydrogens is 362 g/mol. The number of nitrogens with one attached hydrogen (secondary N) is 1. The monoisotopic (exact) mass is 374 g/mol. The van der Waals surface area contributed by atoms with E-state index < -0.39 is 12.3 Å². The Balaban J connectivity index is 1.79. The number of amides is 1. The summed E-state index contributed by atoms with van der Waals surface area (Å²) in [7, 11) is 0. The highest BCUT2D eigenvalue weighted by atomic mass is 79.9. The predicted octanol–water partition coefficient (Wildman–Crippen LogP) is 3.40. The van der Waals surface area contributed by atoms with Gasteiger partial charge in [0.1, 0.15) is 18.0 Å². The molecule has 0 spiro atoms. The van der Waals surface area contributed by atoms with Crippen LogP contribution in [0.2, 0.25) is 0 Å². The molecule has 1 fully saturated rings. The Morgan fingerprint density at radius 2 is 2.32 bits per heavy atom. The minimum absolute atomic E-state index is 0.150. The molecule has 9 heteroatoms. The van der Waals surface area contributed by atoms with Crippen LogP contribution in [0.1, 0.15) is 42.3 Å². The molecule has 2 aromatic rings. The molecule has 1 N–H and O–H groups in total. The number of alkyl halides is 2. The van der Waals surface area contributed by atoms with Crippen LogP contribution in [0.3, 0.4) is 0 Å². The zero-order chi connectivity index (χ0) is 15.9. The summed E-state index contributed by atoms with van der Waals surface area (Å²) in [6.07, 6.45) is -0.858. The smallest absolute Gasteiger partial charge is 0.283 e. The van der Waals surface area contributed by atoms with Crippen LogP contribution in [0.5, 0.6) is 0 Å². The average molecular weight is 375 g/mol. The molecule has 0 aliphatic heterocycles. The van der Waals surface area contributed by atoms with E-state index in [1.54, 1.807) is 13.0 Å². The summed E-state index contributed by atoms with van der Waals surface area (Å²) < 4.78 is 32.4. The molecule has 22 heavy (non-hydrogen) atoms. The first kappa shape index (κ1) is 15.1. The van der Waals surface area contributed by atoms with Gasteiger partial charge in [0.2, 0.25) is 5.91 Å². The fourth-order valence-electron chi connectivity index (χ4n) is 2.22. The van der Waals surface area contributed by atoms with E-state index in [-0.39, 0.29) is 24.0 Å². The second-order valence-corrected chi connectivity index (χ2v) is 5.98. The first-order chi connectivity index (χ1) is 10.5. The first-order valence-electron chi connectivity index (χ1n) is 6.73. The van der Waals surface area contributed by atoms with Gasteiger partial charge in [-0.25, -0.2) is 8.78 Å². The number of nitrogens with zero attached hydrogens (tertiary/aromatic N) is 3. The topological polar surface area (TPSA) is 73.0 Å². The minimum atomic E-state index is -2.69. The van der Waals surface area contributed by atoms with E-state index in [9.17, 15) is 13.6 Å². The molecule has 1 aliphatic rings. The summed E-state index contributed by atoms with van der Waals surface area (Å²) in [5.41, 5.74) is 0.328. The Morgan fingerprint density at radius 1 is 1.59 bits per heavy atom. The van der Waals surface area contributed by atoms with E-state index in [0.29, 0.717) is 15.9 Å². The van der Waals surface area contributed by atoms with Crippen molar-refractivity contribution in [2.24, 2.45) is 0 Å². The maximum Gasteiger partial charge on any atom is 0.283 e. The van der Waals surface area contributed by atoms with E-state index in [1.807, 2.05) is 0 Å². The van der Waals surface area contributed by atoms with Crippen molar-refractivity contribution in [2.45, 2.75) is 38.7 Å². The lowest BCUT2D eigenvalue weighted by molar-refractivity contribution is -0.117. The summed E-state index contributed by atoms with van der Waals surface area (Å²) in [5, 5.41) is 10.1. The van der Waals surface area contributed by atoms with Gasteiger partial charge in [-0.1, -0.05) is 5.16 Å². The van der Waals surface area contributed by atoms with Crippen molar-refractivity contribution in [2.75, 3.05) is 5.32 Å². The van der Waals surface area contributed by atoms with E-state index in [1.165, 1.54) is 4.68 Å². The molecule has 0 unspecified atom stereocenters. The second kappa shape index (κ2) is 5.79. The number of hydrogen-bond acceptors (Lipinski definition) is 4. The van der Waals surface area contributed by atoms with Gasteiger partial charge in [0.25, 0.3) is 6.43 Å². The molecule has 1 aliphatic carbocycles. The molecule has 6 nitrogen and oxygen atoms in total. The van der Waals surface area contributed by atoms with Crippen LogP contribution in [0.15, 0.2) is 15.1 Å². The average Bonchev–Trinajstić information content (AvgIpc) is 3.10. The molecule has 1 amide bonds. The molecule has 2 aromatic heterocycles. The summed E-state index contributed by atoms with van der Waals surface area (Å²) in [6.45, 7) is 1.55. The number of aromatic nitrogens is 3. The van der Waals surface area contributed by atoms with Gasteiger partial charge in [-0.05, 0) is 35.7 Å². The molecule has 0 saturated heterocycles. The van der Waals surface area contributed by atoms with Crippen molar-refractivity contribution in [3.8, 4) is 0 Å². The number of anilines is 1. The number of hydrogen-bond donors (Lipinski definition) is 1. The maximum absolute atomic E-state index is 13.0. The molecule has 118 valence electrons. The van der Waals surface area contributed by atoms with E-state index in [4.69, 9.17) is 4.52 Å². The number of aryl methyl sites for hydroxylation is 1. The predicted molar refractivity (Wildman–Crippen MR) is 76.7 cm³/mol. The molecule has 3 rings (SSSR count). The lowest BCUT2D eigenvalue weighted by atomic mass is 10.2. The lowest BCUT2D eigenvalue weighted by Crippen LogP contribution is -2.21. The SMILES string of the molecule is Cc1cc(NC(=O)Cn2nc(C(F)F)c(Br)c2C2CC2)no1. The van der Waals surface area contributed by atoms with Gasteiger partial charge in [-0.15, -0.1) is 0 Å². The number of carbonyl (C=O) groups excluding carboxylic acids is 1. The molecule has 0 atom stereocenters. The quantitative estimate of drug-likeness (QED) is 0.870. The minimum Gasteiger partial charge on any atom is -0.360 e. The van der Waals surface area contributed by atoms with Crippen LogP contribution in [0.4, 0.5) is 14.6 Å². The zero-order valence-corrected chi connectivity index (χ0v) is 13.2. The molecule has 0 radical (unpaired) electrons. The standard InChI is InChI=1S/C13H13BrF2N4O2/c1-6-4-8(19-22-6)17-9(21)5-20-12(7-2-3-7)10(14)11(18-20)13(15)16/h4,7,13H,2-3,5H2,1H3,(H,17,19,21). The van der Waals surface area contributed by atoms with E-state index in [0.717, 1.165) is 12.8 Å². The Bertz CT molecular complexity index is 709. The highest BCUT2D eigenvalue weighted by Gasteiger charge is 2.34. The van der Waals surface area contributed by atoms with Crippen molar-refractivity contribution >= 4 is 27.7 Å². The van der Waals surface area contributed by atoms with Crippen molar-refractivity contribution in [3.05, 3.63) is 27.7 Å². The van der Waals surface area contributed by atoms with Crippen molar-refractivity contribution in [3.63, 3.8) is 0 Å². The summed E-state index contributed by atoms with van der Waals surface area (Å²) >= 11 is 3.18. The number of halogens is 3. The number of rotatable bonds is 5. The molecular formula is C13H13BrF2N4O2. The summed E-state index contributed by atoms with van der Waals surface area (Å²) in [4.78, 5) is 12.0. The van der Waals surface area contributed by atoms with Gasteiger partial charge in [-0.3, -0.25) is 9.48 Å². The van der Waals surface area contributed by atoms with Crippen LogP contribution < -0.4 is 5.32 Å². The summed E-state index contributed by atoms with van der Waals surface area (Å²) in [6, 6.07) is 1.57. The highest BCUT2D eigenvalue weighted by Crippen LogP contribution is 2.45. The summed E-state index contributed by atoms with van der Waals surface area (Å²) in [5.74, 6) is 0.633. The second-order valence-electron chi connectivity index (χ2n) is 5.19. The normalized spacial score (nSPS) is 14.6. The van der Waals surface area contributed by atoms with Gasteiger partial charge in [0, 0.05) is 12.0 Å². The Kier molecular flexibility index (Phi) is 3.98. The molecule has 0 bridgehead atoms. The van der Waals surface area contributed by atoms with Crippen molar-refractivity contribution in [1.82, 2.24) is 14.9 Å². The highest BCUT2D eigenvalue weighted by molar-refractivity contribution is 9.10. The third-order valence-corrected chi connectivity index (χ3v) is 4.13. The Hall–Kier alpha value is -1.77. The van der Waals surface area contributed by atoms with Crippen molar-refractivity contribution < 1.29 is 18.1 Å².